The molecule has 0 nitrogen and oxygen atoms in total. The van der Waals surface area contributed by atoms with E-state index in [2.05, 4.69) is 48.6 Å². The maximum absolute atomic E-state index is 2.28. The van der Waals surface area contributed by atoms with Crippen LogP contribution >= 0.6 is 0 Å². The zero-order valence-corrected chi connectivity index (χ0v) is 8.15. The van der Waals surface area contributed by atoms with Crippen molar-refractivity contribution in [3.8, 4) is 0 Å². The van der Waals surface area contributed by atoms with Gasteiger partial charge >= 0.3 is 0 Å². The van der Waals surface area contributed by atoms with Crippen LogP contribution in [0.25, 0.3) is 0 Å². The Hall–Kier alpha value is -1.04. The summed E-state index contributed by atoms with van der Waals surface area (Å²) in [4.78, 5) is 0. The summed E-state index contributed by atoms with van der Waals surface area (Å²) in [7, 11) is 0. The molecule has 0 spiro atoms. The van der Waals surface area contributed by atoms with E-state index in [-0.39, 0.29) is 0 Å². The molecule has 1 aliphatic carbocycles. The lowest BCUT2D eigenvalue weighted by atomic mass is 10.2. The number of hydrogen-bond donors (Lipinski definition) is 0. The minimum atomic E-state index is 1.06. The van der Waals surface area contributed by atoms with Gasteiger partial charge in [-0.25, -0.2) is 0 Å². The lowest BCUT2D eigenvalue weighted by Crippen LogP contribution is -1.66. The van der Waals surface area contributed by atoms with Crippen LogP contribution < -0.4 is 0 Å². The zero-order valence-electron chi connectivity index (χ0n) is 8.15. The van der Waals surface area contributed by atoms with Gasteiger partial charge in [0.25, 0.3) is 0 Å². The van der Waals surface area contributed by atoms with Gasteiger partial charge in [0.2, 0.25) is 0 Å². The molecule has 0 saturated heterocycles. The molecule has 70 valence electrons. The fourth-order valence-corrected chi connectivity index (χ4v) is 1.25. The van der Waals surface area contributed by atoms with Crippen LogP contribution in [-0.2, 0) is 0 Å². The molecule has 0 heterocycles. The van der Waals surface area contributed by atoms with Gasteiger partial charge in [-0.2, -0.15) is 0 Å². The average Bonchev–Trinajstić information content (AvgIpc) is 2.18. The summed E-state index contributed by atoms with van der Waals surface area (Å²) in [5.74, 6) is 0. The second-order valence-corrected chi connectivity index (χ2v) is 3.19. The summed E-state index contributed by atoms with van der Waals surface area (Å²) in [5, 5.41) is 0. The van der Waals surface area contributed by atoms with Gasteiger partial charge in [-0.1, -0.05) is 48.6 Å². The van der Waals surface area contributed by atoms with Gasteiger partial charge in [-0.05, 0) is 32.1 Å². The minimum Gasteiger partial charge on any atom is -0.0882 e. The molecule has 0 saturated carbocycles. The predicted octanol–water partition coefficient (Wildman–Crippen LogP) is 4.18. The molecule has 0 aromatic carbocycles. The molecule has 0 aliphatic heterocycles. The molecular formula is C13H18. The standard InChI is InChI=1S/C13H18/c1-2-4-6-8-10-12-13-11-9-7-5-3-1/h1-4,7,9-10,12H,5-6,8,11,13H2/b3-1+,4-2-,9-7+,12-10?. The summed E-state index contributed by atoms with van der Waals surface area (Å²) in [5.41, 5.74) is 0. The molecule has 1 rings (SSSR count). The third kappa shape index (κ3) is 6.15. The van der Waals surface area contributed by atoms with Crippen molar-refractivity contribution >= 4 is 0 Å². The topological polar surface area (TPSA) is 0 Å². The van der Waals surface area contributed by atoms with Gasteiger partial charge < -0.3 is 0 Å². The molecule has 13 heavy (non-hydrogen) atoms. The lowest BCUT2D eigenvalue weighted by molar-refractivity contribution is 1.00. The Balaban J connectivity index is 2.38. The van der Waals surface area contributed by atoms with Gasteiger partial charge in [0.15, 0.2) is 0 Å². The Kier molecular flexibility index (Phi) is 5.87. The third-order valence-electron chi connectivity index (χ3n) is 1.99. The van der Waals surface area contributed by atoms with Crippen molar-refractivity contribution in [2.24, 2.45) is 0 Å². The average molecular weight is 174 g/mol. The first-order chi connectivity index (χ1) is 6.50. The third-order valence-corrected chi connectivity index (χ3v) is 1.99. The Bertz CT molecular complexity index is 216. The van der Waals surface area contributed by atoms with Crippen molar-refractivity contribution in [3.05, 3.63) is 48.6 Å². The molecular weight excluding hydrogens is 156 g/mol. The molecule has 0 heteroatoms. The van der Waals surface area contributed by atoms with Crippen LogP contribution in [0.2, 0.25) is 0 Å². The molecule has 0 unspecified atom stereocenters. The molecule has 0 amide bonds. The van der Waals surface area contributed by atoms with Gasteiger partial charge in [0, 0.05) is 0 Å². The molecule has 0 fully saturated rings. The van der Waals surface area contributed by atoms with E-state index in [1.165, 1.54) is 19.3 Å². The van der Waals surface area contributed by atoms with E-state index in [4.69, 9.17) is 0 Å². The maximum Gasteiger partial charge on any atom is -0.0166 e. The van der Waals surface area contributed by atoms with Crippen LogP contribution in [0.5, 0.6) is 0 Å². The SMILES string of the molecule is C1=CCC/C=C/C/C=C/C=C\CC1. The van der Waals surface area contributed by atoms with Crippen molar-refractivity contribution in [2.75, 3.05) is 0 Å². The van der Waals surface area contributed by atoms with Gasteiger partial charge in [0.1, 0.15) is 0 Å². The highest BCUT2D eigenvalue weighted by Gasteiger charge is 1.79. The van der Waals surface area contributed by atoms with E-state index >= 15 is 0 Å². The minimum absolute atomic E-state index is 1.06. The van der Waals surface area contributed by atoms with Crippen molar-refractivity contribution in [3.63, 3.8) is 0 Å². The van der Waals surface area contributed by atoms with E-state index in [0.29, 0.717) is 0 Å². The van der Waals surface area contributed by atoms with E-state index in [9.17, 15) is 0 Å². The monoisotopic (exact) mass is 174 g/mol. The maximum atomic E-state index is 2.28. The van der Waals surface area contributed by atoms with E-state index in [1.54, 1.807) is 0 Å². The van der Waals surface area contributed by atoms with Crippen LogP contribution in [0, 0.1) is 0 Å². The van der Waals surface area contributed by atoms with E-state index in [0.717, 1.165) is 12.8 Å². The lowest BCUT2D eigenvalue weighted by Gasteiger charge is -1.87. The van der Waals surface area contributed by atoms with Gasteiger partial charge in [0.05, 0.1) is 0 Å². The number of rotatable bonds is 0. The number of allylic oxidation sites excluding steroid dienone is 8. The van der Waals surface area contributed by atoms with Crippen LogP contribution in [0.4, 0.5) is 0 Å². The van der Waals surface area contributed by atoms with Crippen LogP contribution in [0.3, 0.4) is 0 Å². The smallest absolute Gasteiger partial charge is 0.0166 e. The fourth-order valence-electron chi connectivity index (χ4n) is 1.25. The normalized spacial score (nSPS) is 26.5. The van der Waals surface area contributed by atoms with Crippen LogP contribution in [0.15, 0.2) is 48.6 Å². The van der Waals surface area contributed by atoms with Gasteiger partial charge in [-0.3, -0.25) is 0 Å². The number of hydrogen-bond acceptors (Lipinski definition) is 0. The summed E-state index contributed by atoms with van der Waals surface area (Å²) in [6.07, 6.45) is 23.5. The molecule has 0 atom stereocenters. The Morgan fingerprint density at radius 1 is 0.462 bits per heavy atom. The highest BCUT2D eigenvalue weighted by molar-refractivity contribution is 5.05. The van der Waals surface area contributed by atoms with Gasteiger partial charge in [-0.15, -0.1) is 0 Å². The first kappa shape index (κ1) is 10.0. The first-order valence-electron chi connectivity index (χ1n) is 5.12. The zero-order chi connectivity index (χ0) is 9.19. The largest absolute Gasteiger partial charge is 0.0882 e. The Labute approximate surface area is 81.4 Å². The predicted molar refractivity (Wildman–Crippen MR) is 59.6 cm³/mol. The highest BCUT2D eigenvalue weighted by atomic mass is 13.9. The fraction of sp³-hybridized carbons (Fsp3) is 0.385. The van der Waals surface area contributed by atoms with E-state index in [1.807, 2.05) is 0 Å². The van der Waals surface area contributed by atoms with Crippen molar-refractivity contribution in [1.29, 1.82) is 0 Å². The molecule has 0 N–H and O–H groups in total. The van der Waals surface area contributed by atoms with Crippen molar-refractivity contribution in [1.82, 2.24) is 0 Å². The second kappa shape index (κ2) is 7.60. The molecule has 0 bridgehead atoms. The summed E-state index contributed by atoms with van der Waals surface area (Å²) < 4.78 is 0. The second-order valence-electron chi connectivity index (χ2n) is 3.19. The molecule has 0 radical (unpaired) electrons. The highest BCUT2D eigenvalue weighted by Crippen LogP contribution is 2.00. The van der Waals surface area contributed by atoms with Crippen molar-refractivity contribution in [2.45, 2.75) is 32.1 Å². The molecule has 0 aromatic rings. The van der Waals surface area contributed by atoms with Crippen molar-refractivity contribution < 1.29 is 0 Å². The molecule has 0 aromatic heterocycles. The summed E-state index contributed by atoms with van der Waals surface area (Å²) in [6.45, 7) is 0. The summed E-state index contributed by atoms with van der Waals surface area (Å²) >= 11 is 0. The van der Waals surface area contributed by atoms with E-state index < -0.39 is 0 Å². The first-order valence-corrected chi connectivity index (χ1v) is 5.12. The molecule has 1 aliphatic rings. The quantitative estimate of drug-likeness (QED) is 0.483. The Morgan fingerprint density at radius 3 is 1.77 bits per heavy atom. The summed E-state index contributed by atoms with van der Waals surface area (Å²) in [6, 6.07) is 0. The van der Waals surface area contributed by atoms with Crippen LogP contribution in [-0.4, -0.2) is 0 Å². The Morgan fingerprint density at radius 2 is 1.00 bits per heavy atom. The van der Waals surface area contributed by atoms with Crippen LogP contribution in [0.1, 0.15) is 32.1 Å².